The summed E-state index contributed by atoms with van der Waals surface area (Å²) >= 11 is 1.16. The summed E-state index contributed by atoms with van der Waals surface area (Å²) in [4.78, 5) is 16.5. The van der Waals surface area contributed by atoms with Crippen molar-refractivity contribution in [3.8, 4) is 0 Å². The number of unbranched alkanes of at least 4 members (excludes halogenated alkanes) is 1. The van der Waals surface area contributed by atoms with Gasteiger partial charge >= 0.3 is 0 Å². The van der Waals surface area contributed by atoms with Crippen LogP contribution in [0, 0.1) is 0 Å². The van der Waals surface area contributed by atoms with E-state index in [1.165, 1.54) is 54.7 Å². The van der Waals surface area contributed by atoms with Crippen molar-refractivity contribution in [3.05, 3.63) is 65.7 Å². The Bertz CT molecular complexity index is 1270. The number of carbonyl (C=O) groups is 1. The van der Waals surface area contributed by atoms with Gasteiger partial charge in [0.2, 0.25) is 10.0 Å². The van der Waals surface area contributed by atoms with Crippen LogP contribution in [0.5, 0.6) is 0 Å². The summed E-state index contributed by atoms with van der Waals surface area (Å²) in [5.74, 6) is -0.521. The number of aromatic nitrogens is 1. The molecule has 0 spiro atoms. The van der Waals surface area contributed by atoms with Gasteiger partial charge in [0, 0.05) is 29.4 Å². The van der Waals surface area contributed by atoms with Gasteiger partial charge in [-0.15, -0.1) is 11.3 Å². The lowest BCUT2D eigenvalue weighted by atomic mass is 10.2. The topological polar surface area (TPSA) is 134 Å². The smallest absolute Gasteiger partial charge is 0.263 e. The largest absolute Gasteiger partial charge is 0.322 e. The summed E-state index contributed by atoms with van der Waals surface area (Å²) in [6.07, 6.45) is 3.05. The van der Waals surface area contributed by atoms with Gasteiger partial charge in [-0.25, -0.2) is 26.5 Å². The van der Waals surface area contributed by atoms with Crippen LogP contribution in [0.4, 0.5) is 10.8 Å². The number of nitrogens with zero attached hydrogens (tertiary/aromatic N) is 1. The van der Waals surface area contributed by atoms with E-state index in [-0.39, 0.29) is 20.5 Å². The predicted octanol–water partition coefficient (Wildman–Crippen LogP) is 3.27. The first-order valence-electron chi connectivity index (χ1n) is 9.65. The second kappa shape index (κ2) is 10.2. The molecular formula is C20H22N4O5S3. The van der Waals surface area contributed by atoms with E-state index in [9.17, 15) is 21.6 Å². The zero-order valence-corrected chi connectivity index (χ0v) is 19.6. The summed E-state index contributed by atoms with van der Waals surface area (Å²) in [6.45, 7) is 2.28. The number of carbonyl (C=O) groups excluding carboxylic acids is 1. The summed E-state index contributed by atoms with van der Waals surface area (Å²) in [5.41, 5.74) is 0.517. The van der Waals surface area contributed by atoms with Gasteiger partial charge < -0.3 is 5.32 Å². The Morgan fingerprint density at radius 3 is 2.41 bits per heavy atom. The third kappa shape index (κ3) is 6.13. The van der Waals surface area contributed by atoms with Crippen molar-refractivity contribution in [2.75, 3.05) is 16.6 Å². The lowest BCUT2D eigenvalue weighted by Crippen LogP contribution is -2.25. The van der Waals surface area contributed by atoms with Crippen LogP contribution in [0.2, 0.25) is 0 Å². The highest BCUT2D eigenvalue weighted by molar-refractivity contribution is 7.93. The van der Waals surface area contributed by atoms with Gasteiger partial charge in [-0.3, -0.25) is 9.52 Å². The molecule has 32 heavy (non-hydrogen) atoms. The molecule has 0 saturated carbocycles. The first-order chi connectivity index (χ1) is 15.2. The molecular weight excluding hydrogens is 472 g/mol. The van der Waals surface area contributed by atoms with Crippen molar-refractivity contribution >= 4 is 48.1 Å². The van der Waals surface area contributed by atoms with E-state index in [0.29, 0.717) is 18.7 Å². The molecule has 1 aromatic heterocycles. The quantitative estimate of drug-likeness (QED) is 0.370. The van der Waals surface area contributed by atoms with Gasteiger partial charge in [0.05, 0.1) is 9.79 Å². The zero-order valence-electron chi connectivity index (χ0n) is 17.1. The zero-order chi connectivity index (χ0) is 23.2. The maximum atomic E-state index is 12.6. The van der Waals surface area contributed by atoms with E-state index in [0.717, 1.165) is 17.8 Å². The van der Waals surface area contributed by atoms with Crippen molar-refractivity contribution in [2.24, 2.45) is 0 Å². The predicted molar refractivity (Wildman–Crippen MR) is 124 cm³/mol. The number of amides is 1. The van der Waals surface area contributed by atoms with Crippen LogP contribution in [-0.4, -0.2) is 34.3 Å². The molecule has 3 N–H and O–H groups in total. The number of hydrogen-bond acceptors (Lipinski definition) is 7. The molecule has 3 rings (SSSR count). The van der Waals surface area contributed by atoms with Crippen molar-refractivity contribution in [1.29, 1.82) is 0 Å². The third-order valence-electron chi connectivity index (χ3n) is 4.31. The van der Waals surface area contributed by atoms with Gasteiger partial charge in [-0.2, -0.15) is 0 Å². The van der Waals surface area contributed by atoms with Crippen LogP contribution in [0.15, 0.2) is 69.9 Å². The van der Waals surface area contributed by atoms with Gasteiger partial charge in [0.25, 0.3) is 15.9 Å². The second-order valence-corrected chi connectivity index (χ2v) is 11.0. The second-order valence-electron chi connectivity index (χ2n) is 6.70. The van der Waals surface area contributed by atoms with Gasteiger partial charge in [-0.05, 0) is 48.9 Å². The average molecular weight is 495 g/mol. The van der Waals surface area contributed by atoms with E-state index in [4.69, 9.17) is 0 Å². The number of hydrogen-bond donors (Lipinski definition) is 3. The SMILES string of the molecule is CCCCNS(=O)(=O)c1cccc(C(=O)Nc2ccc(S(=O)(=O)Nc3nccs3)cc2)c1. The van der Waals surface area contributed by atoms with Crippen molar-refractivity contribution in [3.63, 3.8) is 0 Å². The van der Waals surface area contributed by atoms with Crippen LogP contribution in [-0.2, 0) is 20.0 Å². The van der Waals surface area contributed by atoms with Crippen molar-refractivity contribution in [2.45, 2.75) is 29.6 Å². The van der Waals surface area contributed by atoms with Gasteiger partial charge in [0.15, 0.2) is 5.13 Å². The van der Waals surface area contributed by atoms with Crippen molar-refractivity contribution in [1.82, 2.24) is 9.71 Å². The highest BCUT2D eigenvalue weighted by atomic mass is 32.2. The fourth-order valence-electron chi connectivity index (χ4n) is 2.64. The Kier molecular flexibility index (Phi) is 7.61. The number of sulfonamides is 2. The Morgan fingerprint density at radius 1 is 1.00 bits per heavy atom. The lowest BCUT2D eigenvalue weighted by molar-refractivity contribution is 0.102. The van der Waals surface area contributed by atoms with Crippen LogP contribution >= 0.6 is 11.3 Å². The average Bonchev–Trinajstić information content (AvgIpc) is 3.26. The molecule has 1 heterocycles. The highest BCUT2D eigenvalue weighted by Gasteiger charge is 2.17. The number of rotatable bonds is 10. The van der Waals surface area contributed by atoms with Crippen LogP contribution in [0.3, 0.4) is 0 Å². The molecule has 0 fully saturated rings. The van der Waals surface area contributed by atoms with E-state index in [1.807, 2.05) is 6.92 Å². The Balaban J connectivity index is 1.70. The third-order valence-corrected chi connectivity index (χ3v) is 7.94. The maximum absolute atomic E-state index is 12.6. The Hall–Kier alpha value is -2.80. The molecule has 0 bridgehead atoms. The summed E-state index contributed by atoms with van der Waals surface area (Å²) in [6, 6.07) is 11.3. The first kappa shape index (κ1) is 23.9. The van der Waals surface area contributed by atoms with E-state index in [1.54, 1.807) is 5.38 Å². The first-order valence-corrected chi connectivity index (χ1v) is 13.5. The minimum Gasteiger partial charge on any atom is -0.322 e. The monoisotopic (exact) mass is 494 g/mol. The fourth-order valence-corrected chi connectivity index (χ4v) is 5.55. The molecule has 0 aliphatic heterocycles. The van der Waals surface area contributed by atoms with Gasteiger partial charge in [0.1, 0.15) is 0 Å². The molecule has 12 heteroatoms. The van der Waals surface area contributed by atoms with Crippen molar-refractivity contribution < 1.29 is 21.6 Å². The molecule has 2 aromatic carbocycles. The normalized spacial score (nSPS) is 11.8. The minimum atomic E-state index is -3.80. The molecule has 9 nitrogen and oxygen atoms in total. The number of thiazole rings is 1. The molecule has 0 aliphatic carbocycles. The summed E-state index contributed by atoms with van der Waals surface area (Å²) in [5, 5.41) is 4.54. The summed E-state index contributed by atoms with van der Waals surface area (Å²) in [7, 11) is -7.51. The summed E-state index contributed by atoms with van der Waals surface area (Å²) < 4.78 is 54.4. The standard InChI is InChI=1S/C20H22N4O5S3/c1-2-3-11-22-31(26,27)18-6-4-5-15(14-18)19(25)23-16-7-9-17(10-8-16)32(28,29)24-20-21-12-13-30-20/h4-10,12-14,22H,2-3,11H2,1H3,(H,21,24)(H,23,25). The Morgan fingerprint density at radius 2 is 1.75 bits per heavy atom. The molecule has 170 valence electrons. The van der Waals surface area contributed by atoms with E-state index in [2.05, 4.69) is 19.7 Å². The van der Waals surface area contributed by atoms with Crippen LogP contribution in [0.25, 0.3) is 0 Å². The number of nitrogens with one attached hydrogen (secondary N) is 3. The van der Waals surface area contributed by atoms with E-state index < -0.39 is 26.0 Å². The molecule has 3 aromatic rings. The van der Waals surface area contributed by atoms with Gasteiger partial charge in [-0.1, -0.05) is 19.4 Å². The molecule has 0 unspecified atom stereocenters. The molecule has 0 atom stereocenters. The molecule has 0 aliphatic rings. The molecule has 1 amide bonds. The maximum Gasteiger partial charge on any atom is 0.263 e. The fraction of sp³-hybridized carbons (Fsp3) is 0.200. The van der Waals surface area contributed by atoms with E-state index >= 15 is 0 Å². The minimum absolute atomic E-state index is 0.00375. The lowest BCUT2D eigenvalue weighted by Gasteiger charge is -2.10. The Labute approximate surface area is 191 Å². The highest BCUT2D eigenvalue weighted by Crippen LogP contribution is 2.20. The van der Waals surface area contributed by atoms with Crippen LogP contribution in [0.1, 0.15) is 30.1 Å². The molecule has 0 saturated heterocycles. The molecule has 0 radical (unpaired) electrons. The van der Waals surface area contributed by atoms with Crippen LogP contribution < -0.4 is 14.8 Å². The number of benzene rings is 2. The number of anilines is 2.